The summed E-state index contributed by atoms with van der Waals surface area (Å²) >= 11 is 0. The van der Waals surface area contributed by atoms with Crippen LogP contribution in [-0.2, 0) is 23.7 Å². The monoisotopic (exact) mass is 367 g/mol. The van der Waals surface area contributed by atoms with Crippen molar-refractivity contribution >= 4 is 11.8 Å². The van der Waals surface area contributed by atoms with Crippen molar-refractivity contribution in [1.82, 2.24) is 9.55 Å². The lowest BCUT2D eigenvalue weighted by Gasteiger charge is -2.24. The third-order valence-electron chi connectivity index (χ3n) is 4.64. The van der Waals surface area contributed by atoms with Crippen LogP contribution in [0.2, 0.25) is 0 Å². The molecule has 2 N–H and O–H groups in total. The molecule has 0 spiro atoms. The highest BCUT2D eigenvalue weighted by molar-refractivity contribution is 5.74. The first-order valence-corrected chi connectivity index (χ1v) is 8.55. The van der Waals surface area contributed by atoms with Crippen LogP contribution in [0.5, 0.6) is 0 Å². The van der Waals surface area contributed by atoms with Crippen LogP contribution < -0.4 is 11.2 Å². The second-order valence-electron chi connectivity index (χ2n) is 7.15. The van der Waals surface area contributed by atoms with Crippen molar-refractivity contribution in [2.24, 2.45) is 5.92 Å². The molecule has 2 saturated heterocycles. The summed E-state index contributed by atoms with van der Waals surface area (Å²) in [5.41, 5.74) is 1.21. The minimum atomic E-state index is -0.847. The van der Waals surface area contributed by atoms with Gasteiger partial charge in [-0.15, -0.1) is 0 Å². The first-order chi connectivity index (χ1) is 12.4. The Bertz CT molecular complexity index is 760. The molecule has 0 radical (unpaired) electrons. The van der Waals surface area contributed by atoms with Gasteiger partial charge in [-0.25, -0.2) is 4.79 Å². The third kappa shape index (κ3) is 3.20. The summed E-state index contributed by atoms with van der Waals surface area (Å²) in [6, 6.07) is 1.43. The minimum Gasteiger partial charge on any atom is -0.463 e. The van der Waals surface area contributed by atoms with Gasteiger partial charge in [0.25, 0.3) is 0 Å². The number of hydrogen-bond acceptors (Lipinski definition) is 9. The number of carbonyl (C=O) groups excluding carboxylic acids is 1. The second-order valence-corrected chi connectivity index (χ2v) is 7.15. The molecule has 1 aromatic heterocycles. The maximum atomic E-state index is 12.2. The third-order valence-corrected chi connectivity index (χ3v) is 4.64. The van der Waals surface area contributed by atoms with Gasteiger partial charge in [-0.1, -0.05) is 0 Å². The van der Waals surface area contributed by atoms with E-state index in [1.54, 1.807) is 13.8 Å². The molecule has 2 aliphatic heterocycles. The largest absolute Gasteiger partial charge is 0.463 e. The maximum absolute atomic E-state index is 12.2. The van der Waals surface area contributed by atoms with Crippen LogP contribution in [0.4, 0.5) is 5.82 Å². The molecule has 10 heteroatoms. The molecule has 1 aromatic rings. The Labute approximate surface area is 149 Å². The molecule has 3 heterocycles. The van der Waals surface area contributed by atoms with Gasteiger partial charge in [0.05, 0.1) is 5.92 Å². The summed E-state index contributed by atoms with van der Waals surface area (Å²) in [5, 5.41) is 8.87. The average molecular weight is 367 g/mol. The summed E-state index contributed by atoms with van der Waals surface area (Å²) in [4.78, 5) is 27.8. The van der Waals surface area contributed by atoms with Crippen LogP contribution in [-0.4, -0.2) is 51.4 Å². The SMILES string of the molecule is CC1(C)O[C@@H]2[C@H](O1)C(COC(=O)C1CC1)O[C@H]2n1ccc(NO)nc1=O. The Morgan fingerprint density at radius 2 is 2.15 bits per heavy atom. The van der Waals surface area contributed by atoms with E-state index < -0.39 is 36.0 Å². The number of anilines is 1. The van der Waals surface area contributed by atoms with Crippen LogP contribution in [0.25, 0.3) is 0 Å². The van der Waals surface area contributed by atoms with Crippen molar-refractivity contribution in [3.63, 3.8) is 0 Å². The molecule has 0 bridgehead atoms. The number of nitrogens with zero attached hydrogens (tertiary/aromatic N) is 2. The quantitative estimate of drug-likeness (QED) is 0.563. The molecule has 1 unspecified atom stereocenters. The molecule has 3 aliphatic rings. The van der Waals surface area contributed by atoms with Gasteiger partial charge in [-0.3, -0.25) is 20.0 Å². The average Bonchev–Trinajstić information content (AvgIpc) is 3.33. The van der Waals surface area contributed by atoms with Crippen molar-refractivity contribution < 1.29 is 28.9 Å². The number of esters is 1. The van der Waals surface area contributed by atoms with E-state index in [9.17, 15) is 9.59 Å². The van der Waals surface area contributed by atoms with E-state index in [1.165, 1.54) is 16.8 Å². The van der Waals surface area contributed by atoms with E-state index in [-0.39, 0.29) is 24.3 Å². The van der Waals surface area contributed by atoms with Gasteiger partial charge in [0.15, 0.2) is 17.8 Å². The van der Waals surface area contributed by atoms with Crippen LogP contribution >= 0.6 is 0 Å². The van der Waals surface area contributed by atoms with Gasteiger partial charge in [0, 0.05) is 6.20 Å². The second kappa shape index (κ2) is 6.31. The van der Waals surface area contributed by atoms with Crippen molar-refractivity contribution in [3.8, 4) is 0 Å². The summed E-state index contributed by atoms with van der Waals surface area (Å²) in [7, 11) is 0. The molecular weight excluding hydrogens is 346 g/mol. The van der Waals surface area contributed by atoms with Gasteiger partial charge < -0.3 is 18.9 Å². The Hall–Kier alpha value is -2.01. The Morgan fingerprint density at radius 1 is 1.42 bits per heavy atom. The van der Waals surface area contributed by atoms with E-state index in [1.807, 2.05) is 5.48 Å². The van der Waals surface area contributed by atoms with E-state index >= 15 is 0 Å². The molecule has 3 fully saturated rings. The van der Waals surface area contributed by atoms with E-state index in [0.717, 1.165) is 12.8 Å². The lowest BCUT2D eigenvalue weighted by Crippen LogP contribution is -2.34. The highest BCUT2D eigenvalue weighted by atomic mass is 16.8. The number of rotatable bonds is 5. The molecule has 142 valence electrons. The topological polar surface area (TPSA) is 121 Å². The Morgan fingerprint density at radius 3 is 2.81 bits per heavy atom. The highest BCUT2D eigenvalue weighted by Gasteiger charge is 2.56. The summed E-state index contributed by atoms with van der Waals surface area (Å²) in [5.74, 6) is -1.06. The van der Waals surface area contributed by atoms with Gasteiger partial charge in [0.1, 0.15) is 24.9 Å². The number of nitrogens with one attached hydrogen (secondary N) is 1. The van der Waals surface area contributed by atoms with Crippen molar-refractivity contribution in [3.05, 3.63) is 22.7 Å². The predicted octanol–water partition coefficient (Wildman–Crippen LogP) is 0.415. The maximum Gasteiger partial charge on any atom is 0.351 e. The molecule has 1 saturated carbocycles. The molecule has 4 rings (SSSR count). The molecule has 1 aliphatic carbocycles. The Balaban J connectivity index is 1.55. The first kappa shape index (κ1) is 17.4. The first-order valence-electron chi connectivity index (χ1n) is 8.55. The lowest BCUT2D eigenvalue weighted by molar-refractivity contribution is -0.203. The van der Waals surface area contributed by atoms with Crippen molar-refractivity contribution in [1.29, 1.82) is 0 Å². The fourth-order valence-corrected chi connectivity index (χ4v) is 3.29. The van der Waals surface area contributed by atoms with Crippen molar-refractivity contribution in [2.75, 3.05) is 12.1 Å². The van der Waals surface area contributed by atoms with E-state index in [2.05, 4.69) is 4.98 Å². The van der Waals surface area contributed by atoms with E-state index in [4.69, 9.17) is 24.2 Å². The van der Waals surface area contributed by atoms with Crippen molar-refractivity contribution in [2.45, 2.75) is 57.0 Å². The molecule has 0 amide bonds. The minimum absolute atomic E-state index is 0.00877. The number of ether oxygens (including phenoxy) is 4. The highest BCUT2D eigenvalue weighted by Crippen LogP contribution is 2.43. The normalized spacial score (nSPS) is 32.3. The zero-order valence-electron chi connectivity index (χ0n) is 14.5. The summed E-state index contributed by atoms with van der Waals surface area (Å²) in [6.45, 7) is 3.58. The number of fused-ring (bicyclic) bond motifs is 1. The zero-order valence-corrected chi connectivity index (χ0v) is 14.5. The molecule has 0 aromatic carbocycles. The summed E-state index contributed by atoms with van der Waals surface area (Å²) < 4.78 is 24.3. The Kier molecular flexibility index (Phi) is 4.22. The van der Waals surface area contributed by atoms with Crippen LogP contribution in [0.3, 0.4) is 0 Å². The fourth-order valence-electron chi connectivity index (χ4n) is 3.29. The predicted molar refractivity (Wildman–Crippen MR) is 85.3 cm³/mol. The summed E-state index contributed by atoms with van der Waals surface area (Å²) in [6.07, 6.45) is 0.793. The number of carbonyl (C=O) groups is 1. The standard InChI is InChI=1S/C16H21N3O7/c1-16(2)25-11-9(7-23-14(20)8-3-4-8)24-13(12(11)26-16)19-6-5-10(18-22)17-15(19)21/h5-6,8-9,11-13,22H,3-4,7H2,1-2H3,(H,17,18,21)/t9?,11-,12-,13-/m1/s1. The lowest BCUT2D eigenvalue weighted by atomic mass is 10.1. The number of hydrogen-bond donors (Lipinski definition) is 2. The molecule has 26 heavy (non-hydrogen) atoms. The number of aromatic nitrogens is 2. The van der Waals surface area contributed by atoms with Gasteiger partial charge in [0.2, 0.25) is 0 Å². The van der Waals surface area contributed by atoms with Crippen LogP contribution in [0.1, 0.15) is 32.9 Å². The molecule has 10 nitrogen and oxygen atoms in total. The van der Waals surface area contributed by atoms with Gasteiger partial charge >= 0.3 is 11.7 Å². The smallest absolute Gasteiger partial charge is 0.351 e. The van der Waals surface area contributed by atoms with E-state index in [0.29, 0.717) is 0 Å². The van der Waals surface area contributed by atoms with Crippen LogP contribution in [0.15, 0.2) is 17.1 Å². The van der Waals surface area contributed by atoms with Gasteiger partial charge in [-0.2, -0.15) is 4.98 Å². The molecule has 4 atom stereocenters. The zero-order chi connectivity index (χ0) is 18.5. The van der Waals surface area contributed by atoms with Gasteiger partial charge in [-0.05, 0) is 32.8 Å². The fraction of sp³-hybridized carbons (Fsp3) is 0.688. The molecular formula is C16H21N3O7. The van der Waals surface area contributed by atoms with Crippen LogP contribution in [0, 0.1) is 5.92 Å².